The van der Waals surface area contributed by atoms with E-state index in [9.17, 15) is 4.39 Å². The van der Waals surface area contributed by atoms with Crippen LogP contribution in [0.3, 0.4) is 0 Å². The van der Waals surface area contributed by atoms with Crippen LogP contribution in [-0.4, -0.2) is 45.1 Å². The van der Waals surface area contributed by atoms with Crippen LogP contribution in [0.25, 0.3) is 0 Å². The number of nitrogens with one attached hydrogen (secondary N) is 1. The fraction of sp³-hybridized carbons (Fsp3) is 0.391. The van der Waals surface area contributed by atoms with Crippen molar-refractivity contribution in [1.82, 2.24) is 19.7 Å². The Morgan fingerprint density at radius 2 is 1.70 bits per heavy atom. The summed E-state index contributed by atoms with van der Waals surface area (Å²) >= 11 is 1.77. The van der Waals surface area contributed by atoms with Gasteiger partial charge >= 0.3 is 0 Å². The Bertz CT molecular complexity index is 907. The Morgan fingerprint density at radius 3 is 2.47 bits per heavy atom. The van der Waals surface area contributed by atoms with Gasteiger partial charge in [0.1, 0.15) is 5.82 Å². The van der Waals surface area contributed by atoms with Gasteiger partial charge in [0.15, 0.2) is 11.0 Å². The largest absolute Gasteiger partial charge is 0.378 e. The van der Waals surface area contributed by atoms with Crippen molar-refractivity contribution < 1.29 is 4.39 Å². The summed E-state index contributed by atoms with van der Waals surface area (Å²) in [6.45, 7) is 4.79. The van der Waals surface area contributed by atoms with E-state index in [0.717, 1.165) is 35.5 Å². The highest BCUT2D eigenvalue weighted by Crippen LogP contribution is 2.21. The van der Waals surface area contributed by atoms with Crippen molar-refractivity contribution in [3.63, 3.8) is 0 Å². The Labute approximate surface area is 181 Å². The topological polar surface area (TPSA) is 46.0 Å². The average Bonchev–Trinajstić information content (AvgIpc) is 3.16. The molecule has 3 aromatic rings. The van der Waals surface area contributed by atoms with Crippen molar-refractivity contribution in [3.8, 4) is 0 Å². The summed E-state index contributed by atoms with van der Waals surface area (Å²) in [6.07, 6.45) is 3.99. The fourth-order valence-corrected chi connectivity index (χ4v) is 4.64. The maximum atomic E-state index is 13.2. The SMILES string of the molecule is Fc1ccc(NCc2nnc(SCCN3CCCCC3)n2Cc2ccccc2)cc1. The third kappa shape index (κ3) is 5.83. The third-order valence-corrected chi connectivity index (χ3v) is 6.31. The first-order valence-electron chi connectivity index (χ1n) is 10.6. The van der Waals surface area contributed by atoms with Gasteiger partial charge in [-0.2, -0.15) is 0 Å². The highest BCUT2D eigenvalue weighted by Gasteiger charge is 2.15. The number of rotatable bonds is 9. The van der Waals surface area contributed by atoms with Gasteiger partial charge in [0.25, 0.3) is 0 Å². The number of halogens is 1. The summed E-state index contributed by atoms with van der Waals surface area (Å²) in [5.74, 6) is 1.65. The first kappa shape index (κ1) is 20.9. The zero-order valence-corrected chi connectivity index (χ0v) is 18.0. The molecule has 7 heteroatoms. The van der Waals surface area contributed by atoms with Gasteiger partial charge in [0.05, 0.1) is 13.1 Å². The zero-order chi connectivity index (χ0) is 20.6. The smallest absolute Gasteiger partial charge is 0.191 e. The molecule has 0 spiro atoms. The minimum absolute atomic E-state index is 0.236. The Hall–Kier alpha value is -2.38. The van der Waals surface area contributed by atoms with Crippen LogP contribution in [-0.2, 0) is 13.1 Å². The lowest BCUT2D eigenvalue weighted by Crippen LogP contribution is -2.31. The summed E-state index contributed by atoms with van der Waals surface area (Å²) in [5.41, 5.74) is 2.09. The van der Waals surface area contributed by atoms with Crippen LogP contribution in [0.5, 0.6) is 0 Å². The first-order chi connectivity index (χ1) is 14.8. The summed E-state index contributed by atoms with van der Waals surface area (Å²) in [4.78, 5) is 2.55. The van der Waals surface area contributed by atoms with E-state index in [2.05, 4.69) is 49.2 Å². The molecule has 0 atom stereocenters. The second-order valence-electron chi connectivity index (χ2n) is 7.58. The fourth-order valence-electron chi connectivity index (χ4n) is 3.68. The number of thioether (sulfide) groups is 1. The van der Waals surface area contributed by atoms with Crippen LogP contribution < -0.4 is 5.32 Å². The Kier molecular flexibility index (Phi) is 7.37. The second-order valence-corrected chi connectivity index (χ2v) is 8.64. The van der Waals surface area contributed by atoms with E-state index in [1.807, 2.05) is 6.07 Å². The molecule has 1 N–H and O–H groups in total. The predicted octanol–water partition coefficient (Wildman–Crippen LogP) is 4.66. The van der Waals surface area contributed by atoms with E-state index >= 15 is 0 Å². The van der Waals surface area contributed by atoms with Gasteiger partial charge in [-0.3, -0.25) is 0 Å². The predicted molar refractivity (Wildman–Crippen MR) is 120 cm³/mol. The highest BCUT2D eigenvalue weighted by atomic mass is 32.2. The molecule has 0 unspecified atom stereocenters. The van der Waals surface area contributed by atoms with Gasteiger partial charge in [-0.05, 0) is 55.8 Å². The maximum Gasteiger partial charge on any atom is 0.191 e. The number of likely N-dealkylation sites (tertiary alicyclic amines) is 1. The molecular weight excluding hydrogens is 397 g/mol. The lowest BCUT2D eigenvalue weighted by molar-refractivity contribution is 0.242. The van der Waals surface area contributed by atoms with Crippen molar-refractivity contribution in [2.45, 2.75) is 37.5 Å². The van der Waals surface area contributed by atoms with Crippen LogP contribution >= 0.6 is 11.8 Å². The molecule has 1 fully saturated rings. The molecule has 4 rings (SSSR count). The normalized spacial score (nSPS) is 14.7. The molecule has 5 nitrogen and oxygen atoms in total. The van der Waals surface area contributed by atoms with Gasteiger partial charge in [-0.1, -0.05) is 48.5 Å². The molecule has 30 heavy (non-hydrogen) atoms. The summed E-state index contributed by atoms with van der Waals surface area (Å²) < 4.78 is 15.3. The highest BCUT2D eigenvalue weighted by molar-refractivity contribution is 7.99. The van der Waals surface area contributed by atoms with Crippen LogP contribution in [0.2, 0.25) is 0 Å². The third-order valence-electron chi connectivity index (χ3n) is 5.36. The van der Waals surface area contributed by atoms with Crippen LogP contribution in [0.1, 0.15) is 30.7 Å². The number of hydrogen-bond donors (Lipinski definition) is 1. The molecule has 0 saturated carbocycles. The summed E-state index contributed by atoms with van der Waals surface area (Å²) in [5, 5.41) is 13.2. The molecule has 1 aromatic heterocycles. The van der Waals surface area contributed by atoms with Crippen molar-refractivity contribution in [2.24, 2.45) is 0 Å². The number of aromatic nitrogens is 3. The van der Waals surface area contributed by atoms with E-state index in [1.54, 1.807) is 23.9 Å². The molecule has 1 saturated heterocycles. The number of benzene rings is 2. The minimum Gasteiger partial charge on any atom is -0.378 e. The molecule has 2 heterocycles. The molecule has 158 valence electrons. The second kappa shape index (κ2) is 10.6. The minimum atomic E-state index is -0.236. The van der Waals surface area contributed by atoms with E-state index in [4.69, 9.17) is 0 Å². The lowest BCUT2D eigenvalue weighted by Gasteiger charge is -2.25. The molecule has 0 amide bonds. The van der Waals surface area contributed by atoms with Gasteiger partial charge < -0.3 is 14.8 Å². The van der Waals surface area contributed by atoms with E-state index in [0.29, 0.717) is 6.54 Å². The van der Waals surface area contributed by atoms with E-state index < -0.39 is 0 Å². The monoisotopic (exact) mass is 425 g/mol. The van der Waals surface area contributed by atoms with Gasteiger partial charge in [0, 0.05) is 18.0 Å². The zero-order valence-electron chi connectivity index (χ0n) is 17.1. The molecule has 0 radical (unpaired) electrons. The van der Waals surface area contributed by atoms with Crippen molar-refractivity contribution in [1.29, 1.82) is 0 Å². The average molecular weight is 426 g/mol. The van der Waals surface area contributed by atoms with Crippen LogP contribution in [0.15, 0.2) is 59.8 Å². The van der Waals surface area contributed by atoms with E-state index in [-0.39, 0.29) is 5.82 Å². The molecule has 1 aliphatic heterocycles. The maximum absolute atomic E-state index is 13.2. The molecule has 0 aliphatic carbocycles. The Morgan fingerprint density at radius 1 is 0.933 bits per heavy atom. The molecular formula is C23H28FN5S. The quantitative estimate of drug-likeness (QED) is 0.506. The summed E-state index contributed by atoms with van der Waals surface area (Å²) in [6, 6.07) is 16.8. The number of hydrogen-bond acceptors (Lipinski definition) is 5. The first-order valence-corrected chi connectivity index (χ1v) is 11.6. The molecule has 0 bridgehead atoms. The van der Waals surface area contributed by atoms with Gasteiger partial charge in [-0.25, -0.2) is 4.39 Å². The number of nitrogens with zero attached hydrogens (tertiary/aromatic N) is 4. The van der Waals surface area contributed by atoms with Crippen LogP contribution in [0, 0.1) is 5.82 Å². The van der Waals surface area contributed by atoms with Crippen LogP contribution in [0.4, 0.5) is 10.1 Å². The van der Waals surface area contributed by atoms with Gasteiger partial charge in [0.2, 0.25) is 0 Å². The van der Waals surface area contributed by atoms with Crippen molar-refractivity contribution in [2.75, 3.05) is 30.7 Å². The standard InChI is InChI=1S/C23H28FN5S/c24-20-9-11-21(12-10-20)25-17-22-26-27-23(29(22)18-19-7-3-1-4-8-19)30-16-15-28-13-5-2-6-14-28/h1,3-4,7-12,25H,2,5-6,13-18H2. The van der Waals surface area contributed by atoms with Crippen molar-refractivity contribution in [3.05, 3.63) is 71.8 Å². The van der Waals surface area contributed by atoms with Crippen molar-refractivity contribution >= 4 is 17.4 Å². The summed E-state index contributed by atoms with van der Waals surface area (Å²) in [7, 11) is 0. The van der Waals surface area contributed by atoms with E-state index in [1.165, 1.54) is 50.0 Å². The lowest BCUT2D eigenvalue weighted by atomic mass is 10.1. The molecule has 1 aliphatic rings. The number of piperidine rings is 1. The Balaban J connectivity index is 1.43. The number of anilines is 1. The van der Waals surface area contributed by atoms with Gasteiger partial charge in [-0.15, -0.1) is 10.2 Å². The molecule has 2 aromatic carbocycles.